The molecule has 0 aliphatic heterocycles. The minimum atomic E-state index is -0.565. The van der Waals surface area contributed by atoms with E-state index in [4.69, 9.17) is 4.74 Å². The fourth-order valence-electron chi connectivity index (χ4n) is 2.26. The van der Waals surface area contributed by atoms with Crippen LogP contribution in [0.5, 0.6) is 0 Å². The Kier molecular flexibility index (Phi) is 4.83. The van der Waals surface area contributed by atoms with Gasteiger partial charge in [0.15, 0.2) is 0 Å². The Morgan fingerprint density at radius 1 is 1.38 bits per heavy atom. The van der Waals surface area contributed by atoms with Gasteiger partial charge in [0.1, 0.15) is 5.56 Å². The maximum absolute atomic E-state index is 12.5. The van der Waals surface area contributed by atoms with Crippen molar-refractivity contribution in [2.45, 2.75) is 27.3 Å². The maximum Gasteiger partial charge on any atom is 0.343 e. The molecule has 0 amide bonds. The number of carbonyl (C=O) groups excluding carboxylic acids is 1. The normalized spacial score (nSPS) is 11.1. The highest BCUT2D eigenvalue weighted by Crippen LogP contribution is 2.19. The maximum atomic E-state index is 12.5. The van der Waals surface area contributed by atoms with Crippen molar-refractivity contribution in [3.63, 3.8) is 0 Å². The number of pyridine rings is 1. The Morgan fingerprint density at radius 2 is 2.10 bits per heavy atom. The SMILES string of the molecule is CCOC(=O)c1cn(CC(C)C)c2cc(Br)ccc2c1=O. The van der Waals surface area contributed by atoms with Crippen molar-refractivity contribution in [1.82, 2.24) is 4.57 Å². The summed E-state index contributed by atoms with van der Waals surface area (Å²) in [7, 11) is 0. The number of rotatable bonds is 4. The van der Waals surface area contributed by atoms with Crippen LogP contribution < -0.4 is 5.43 Å². The number of aromatic nitrogens is 1. The Labute approximate surface area is 131 Å². The summed E-state index contributed by atoms with van der Waals surface area (Å²) < 4.78 is 7.82. The second kappa shape index (κ2) is 6.43. The van der Waals surface area contributed by atoms with E-state index in [1.807, 2.05) is 10.6 Å². The molecular formula is C16H18BrNO3. The topological polar surface area (TPSA) is 48.3 Å². The summed E-state index contributed by atoms with van der Waals surface area (Å²) >= 11 is 3.42. The van der Waals surface area contributed by atoms with E-state index >= 15 is 0 Å². The summed E-state index contributed by atoms with van der Waals surface area (Å²) in [5.74, 6) is -0.172. The van der Waals surface area contributed by atoms with Gasteiger partial charge in [-0.2, -0.15) is 0 Å². The summed E-state index contributed by atoms with van der Waals surface area (Å²) in [5.41, 5.74) is 0.624. The Balaban J connectivity index is 2.72. The molecule has 0 atom stereocenters. The quantitative estimate of drug-likeness (QED) is 0.790. The number of halogens is 1. The molecule has 1 heterocycles. The highest BCUT2D eigenvalue weighted by atomic mass is 79.9. The molecule has 0 aliphatic rings. The fourth-order valence-corrected chi connectivity index (χ4v) is 2.61. The molecule has 0 fully saturated rings. The lowest BCUT2D eigenvalue weighted by Crippen LogP contribution is -2.21. The molecule has 5 heteroatoms. The van der Waals surface area contributed by atoms with E-state index in [0.29, 0.717) is 11.3 Å². The average Bonchev–Trinajstić information content (AvgIpc) is 2.41. The van der Waals surface area contributed by atoms with Crippen LogP contribution in [-0.2, 0) is 11.3 Å². The molecule has 0 spiro atoms. The molecular weight excluding hydrogens is 334 g/mol. The molecule has 0 radical (unpaired) electrons. The summed E-state index contributed by atoms with van der Waals surface area (Å²) in [4.78, 5) is 24.4. The molecule has 0 unspecified atom stereocenters. The van der Waals surface area contributed by atoms with Gasteiger partial charge in [-0.05, 0) is 31.0 Å². The predicted molar refractivity (Wildman–Crippen MR) is 86.7 cm³/mol. The number of nitrogens with zero attached hydrogens (tertiary/aromatic N) is 1. The Bertz CT molecular complexity index is 734. The summed E-state index contributed by atoms with van der Waals surface area (Å²) in [5, 5.41) is 0.532. The largest absolute Gasteiger partial charge is 0.462 e. The first kappa shape index (κ1) is 15.8. The lowest BCUT2D eigenvalue weighted by atomic mass is 10.1. The van der Waals surface area contributed by atoms with Gasteiger partial charge in [-0.3, -0.25) is 4.79 Å². The van der Waals surface area contributed by atoms with Crippen molar-refractivity contribution in [1.29, 1.82) is 0 Å². The number of hydrogen-bond donors (Lipinski definition) is 0. The zero-order valence-electron chi connectivity index (χ0n) is 12.4. The third-order valence-corrected chi connectivity index (χ3v) is 3.59. The smallest absolute Gasteiger partial charge is 0.343 e. The first-order chi connectivity index (χ1) is 9.93. The molecule has 1 aromatic heterocycles. The number of hydrogen-bond acceptors (Lipinski definition) is 3. The van der Waals surface area contributed by atoms with Crippen molar-refractivity contribution >= 4 is 32.8 Å². The highest BCUT2D eigenvalue weighted by Gasteiger charge is 2.17. The average molecular weight is 352 g/mol. The Morgan fingerprint density at radius 3 is 2.71 bits per heavy atom. The van der Waals surface area contributed by atoms with E-state index in [0.717, 1.165) is 16.5 Å². The van der Waals surface area contributed by atoms with E-state index in [2.05, 4.69) is 29.8 Å². The second-order valence-corrected chi connectivity index (χ2v) is 6.22. The molecule has 0 aliphatic carbocycles. The van der Waals surface area contributed by atoms with Crippen LogP contribution >= 0.6 is 15.9 Å². The molecule has 21 heavy (non-hydrogen) atoms. The van der Waals surface area contributed by atoms with E-state index in [9.17, 15) is 9.59 Å². The van der Waals surface area contributed by atoms with Crippen molar-refractivity contribution in [2.75, 3.05) is 6.61 Å². The summed E-state index contributed by atoms with van der Waals surface area (Å²) in [6.45, 7) is 6.88. The molecule has 0 saturated heterocycles. The molecule has 2 aromatic rings. The zero-order valence-corrected chi connectivity index (χ0v) is 13.9. The minimum absolute atomic E-state index is 0.0901. The summed E-state index contributed by atoms with van der Waals surface area (Å²) in [6, 6.07) is 5.44. The lowest BCUT2D eigenvalue weighted by molar-refractivity contribution is 0.0524. The molecule has 4 nitrogen and oxygen atoms in total. The number of benzene rings is 1. The molecule has 0 saturated carbocycles. The van der Waals surface area contributed by atoms with Crippen LogP contribution in [0, 0.1) is 5.92 Å². The lowest BCUT2D eigenvalue weighted by Gasteiger charge is -2.15. The molecule has 112 valence electrons. The van der Waals surface area contributed by atoms with E-state index in [-0.39, 0.29) is 17.6 Å². The molecule has 2 rings (SSSR count). The highest BCUT2D eigenvalue weighted by molar-refractivity contribution is 9.10. The van der Waals surface area contributed by atoms with Gasteiger partial charge in [0.05, 0.1) is 12.1 Å². The monoisotopic (exact) mass is 351 g/mol. The van der Waals surface area contributed by atoms with Gasteiger partial charge < -0.3 is 9.30 Å². The standard InChI is InChI=1S/C16H18BrNO3/c1-4-21-16(20)13-9-18(8-10(2)3)14-7-11(17)5-6-12(14)15(13)19/h5-7,9-10H,4,8H2,1-3H3. The zero-order chi connectivity index (χ0) is 15.6. The number of carbonyl (C=O) groups is 1. The molecule has 1 aromatic carbocycles. The third kappa shape index (κ3) is 3.35. The van der Waals surface area contributed by atoms with Gasteiger partial charge in [0.2, 0.25) is 5.43 Å². The predicted octanol–water partition coefficient (Wildman–Crippen LogP) is 3.60. The van der Waals surface area contributed by atoms with Gasteiger partial charge in [-0.1, -0.05) is 29.8 Å². The number of esters is 1. The van der Waals surface area contributed by atoms with Crippen LogP contribution in [0.4, 0.5) is 0 Å². The van der Waals surface area contributed by atoms with Crippen LogP contribution in [0.3, 0.4) is 0 Å². The van der Waals surface area contributed by atoms with E-state index in [1.165, 1.54) is 0 Å². The minimum Gasteiger partial charge on any atom is -0.462 e. The molecule has 0 bridgehead atoms. The third-order valence-electron chi connectivity index (χ3n) is 3.10. The molecule has 0 N–H and O–H groups in total. The number of fused-ring (bicyclic) bond motifs is 1. The van der Waals surface area contributed by atoms with Crippen LogP contribution in [-0.4, -0.2) is 17.1 Å². The fraction of sp³-hybridized carbons (Fsp3) is 0.375. The van der Waals surface area contributed by atoms with Crippen LogP contribution in [0.15, 0.2) is 33.7 Å². The van der Waals surface area contributed by atoms with Crippen molar-refractivity contribution < 1.29 is 9.53 Å². The van der Waals surface area contributed by atoms with Crippen LogP contribution in [0.1, 0.15) is 31.1 Å². The first-order valence-electron chi connectivity index (χ1n) is 6.93. The van der Waals surface area contributed by atoms with Gasteiger partial charge >= 0.3 is 5.97 Å². The van der Waals surface area contributed by atoms with Crippen molar-refractivity contribution in [3.05, 3.63) is 44.7 Å². The van der Waals surface area contributed by atoms with Crippen molar-refractivity contribution in [3.8, 4) is 0 Å². The summed E-state index contributed by atoms with van der Waals surface area (Å²) in [6.07, 6.45) is 1.61. The second-order valence-electron chi connectivity index (χ2n) is 5.30. The van der Waals surface area contributed by atoms with E-state index < -0.39 is 5.97 Å². The van der Waals surface area contributed by atoms with Crippen LogP contribution in [0.2, 0.25) is 0 Å². The van der Waals surface area contributed by atoms with Crippen molar-refractivity contribution in [2.24, 2.45) is 5.92 Å². The van der Waals surface area contributed by atoms with Gasteiger partial charge in [-0.25, -0.2) is 4.79 Å². The van der Waals surface area contributed by atoms with Gasteiger partial charge in [0, 0.05) is 22.6 Å². The van der Waals surface area contributed by atoms with Gasteiger partial charge in [-0.15, -0.1) is 0 Å². The Hall–Kier alpha value is -1.62. The van der Waals surface area contributed by atoms with E-state index in [1.54, 1.807) is 25.3 Å². The number of ether oxygens (including phenoxy) is 1. The van der Waals surface area contributed by atoms with Gasteiger partial charge in [0.25, 0.3) is 0 Å². The van der Waals surface area contributed by atoms with Crippen LogP contribution in [0.25, 0.3) is 10.9 Å². The first-order valence-corrected chi connectivity index (χ1v) is 7.73.